The monoisotopic (exact) mass is 433 g/mol. The van der Waals surface area contributed by atoms with E-state index >= 15 is 0 Å². The molecule has 0 atom stereocenters. The van der Waals surface area contributed by atoms with Crippen molar-refractivity contribution in [2.24, 2.45) is 0 Å². The van der Waals surface area contributed by atoms with Crippen LogP contribution in [-0.4, -0.2) is 41.2 Å². The van der Waals surface area contributed by atoms with E-state index in [1.807, 2.05) is 30.3 Å². The molecule has 1 saturated heterocycles. The topological polar surface area (TPSA) is 77.7 Å². The van der Waals surface area contributed by atoms with Gasteiger partial charge in [0.15, 0.2) is 12.4 Å². The average molecular weight is 434 g/mol. The minimum Gasteiger partial charge on any atom is -0.484 e. The molecule has 2 heterocycles. The first-order valence-corrected chi connectivity index (χ1v) is 10.8. The SMILES string of the molecule is COC(=O)C=Cc1ccc(OCc2nc(C3CCN(Cc4ccccc4)CC3)no2)cc1. The summed E-state index contributed by atoms with van der Waals surface area (Å²) in [5.74, 6) is 1.86. The van der Waals surface area contributed by atoms with Crippen molar-refractivity contribution in [2.45, 2.75) is 31.9 Å². The second-order valence-electron chi connectivity index (χ2n) is 7.80. The van der Waals surface area contributed by atoms with E-state index in [9.17, 15) is 4.79 Å². The zero-order valence-electron chi connectivity index (χ0n) is 18.1. The summed E-state index contributed by atoms with van der Waals surface area (Å²) in [6.07, 6.45) is 5.10. The number of rotatable bonds is 8. The number of piperidine rings is 1. The number of carbonyl (C=O) groups is 1. The number of hydrogen-bond acceptors (Lipinski definition) is 7. The molecule has 0 radical (unpaired) electrons. The molecule has 0 spiro atoms. The quantitative estimate of drug-likeness (QED) is 0.389. The lowest BCUT2D eigenvalue weighted by Crippen LogP contribution is -2.32. The fourth-order valence-electron chi connectivity index (χ4n) is 3.74. The Kier molecular flexibility index (Phi) is 7.30. The minimum absolute atomic E-state index is 0.219. The van der Waals surface area contributed by atoms with Crippen LogP contribution in [0.1, 0.15) is 41.6 Å². The van der Waals surface area contributed by atoms with Gasteiger partial charge in [-0.05, 0) is 55.3 Å². The van der Waals surface area contributed by atoms with Gasteiger partial charge in [0.2, 0.25) is 0 Å². The van der Waals surface area contributed by atoms with Gasteiger partial charge in [0, 0.05) is 18.5 Å². The van der Waals surface area contributed by atoms with E-state index in [0.717, 1.165) is 43.9 Å². The average Bonchev–Trinajstić information content (AvgIpc) is 3.32. The summed E-state index contributed by atoms with van der Waals surface area (Å²) < 4.78 is 15.7. The van der Waals surface area contributed by atoms with Crippen molar-refractivity contribution in [2.75, 3.05) is 20.2 Å². The van der Waals surface area contributed by atoms with Crippen molar-refractivity contribution >= 4 is 12.0 Å². The maximum absolute atomic E-state index is 11.2. The number of carbonyl (C=O) groups excluding carboxylic acids is 1. The highest BCUT2D eigenvalue weighted by atomic mass is 16.5. The van der Waals surface area contributed by atoms with Crippen LogP contribution >= 0.6 is 0 Å². The standard InChI is InChI=1S/C25H27N3O4/c1-30-24(29)12-9-19-7-10-22(11-8-19)31-18-23-26-25(27-32-23)21-13-15-28(16-14-21)17-20-5-3-2-4-6-20/h2-12,21H,13-18H2,1H3. The van der Waals surface area contributed by atoms with Gasteiger partial charge in [0.1, 0.15) is 5.75 Å². The summed E-state index contributed by atoms with van der Waals surface area (Å²) in [5.41, 5.74) is 2.22. The van der Waals surface area contributed by atoms with Gasteiger partial charge >= 0.3 is 5.97 Å². The largest absolute Gasteiger partial charge is 0.484 e. The third-order valence-electron chi connectivity index (χ3n) is 5.54. The Labute approximate surface area is 187 Å². The molecule has 1 fully saturated rings. The van der Waals surface area contributed by atoms with Crippen LogP contribution in [0, 0.1) is 0 Å². The first kappa shape index (κ1) is 21.8. The smallest absolute Gasteiger partial charge is 0.330 e. The van der Waals surface area contributed by atoms with Crippen LogP contribution in [0.25, 0.3) is 6.08 Å². The van der Waals surface area contributed by atoms with Crippen LogP contribution in [0.2, 0.25) is 0 Å². The number of hydrogen-bond donors (Lipinski definition) is 0. The highest BCUT2D eigenvalue weighted by Crippen LogP contribution is 2.27. The Morgan fingerprint density at radius 2 is 1.88 bits per heavy atom. The van der Waals surface area contributed by atoms with E-state index in [2.05, 4.69) is 44.0 Å². The maximum Gasteiger partial charge on any atom is 0.330 e. The molecule has 32 heavy (non-hydrogen) atoms. The lowest BCUT2D eigenvalue weighted by atomic mass is 9.96. The van der Waals surface area contributed by atoms with Gasteiger partial charge in [0.05, 0.1) is 7.11 Å². The minimum atomic E-state index is -0.389. The molecule has 0 unspecified atom stereocenters. The summed E-state index contributed by atoms with van der Waals surface area (Å²) in [5, 5.41) is 4.19. The zero-order valence-corrected chi connectivity index (χ0v) is 18.1. The van der Waals surface area contributed by atoms with E-state index in [-0.39, 0.29) is 12.6 Å². The number of benzene rings is 2. The summed E-state index contributed by atoms with van der Waals surface area (Å²) in [6, 6.07) is 17.9. The molecule has 7 heteroatoms. The number of aromatic nitrogens is 2. The lowest BCUT2D eigenvalue weighted by molar-refractivity contribution is -0.134. The van der Waals surface area contributed by atoms with Gasteiger partial charge in [-0.25, -0.2) is 4.79 Å². The molecule has 1 aliphatic rings. The van der Waals surface area contributed by atoms with Gasteiger partial charge in [-0.15, -0.1) is 0 Å². The molecule has 0 amide bonds. The fraction of sp³-hybridized carbons (Fsp3) is 0.320. The molecule has 1 aromatic heterocycles. The molecule has 2 aromatic carbocycles. The first-order chi connectivity index (χ1) is 15.7. The van der Waals surface area contributed by atoms with Crippen LogP contribution < -0.4 is 4.74 Å². The van der Waals surface area contributed by atoms with Gasteiger partial charge in [0.25, 0.3) is 5.89 Å². The van der Waals surface area contributed by atoms with Crippen molar-refractivity contribution in [3.8, 4) is 5.75 Å². The van der Waals surface area contributed by atoms with Crippen LogP contribution in [0.15, 0.2) is 65.2 Å². The molecule has 166 valence electrons. The van der Waals surface area contributed by atoms with Crippen LogP contribution in [0.3, 0.4) is 0 Å². The normalized spacial score (nSPS) is 15.2. The third-order valence-corrected chi connectivity index (χ3v) is 5.54. The van der Waals surface area contributed by atoms with E-state index in [1.54, 1.807) is 6.08 Å². The summed E-state index contributed by atoms with van der Waals surface area (Å²) in [6.45, 7) is 3.25. The lowest BCUT2D eigenvalue weighted by Gasteiger charge is -2.30. The van der Waals surface area contributed by atoms with E-state index in [0.29, 0.717) is 17.6 Å². The van der Waals surface area contributed by atoms with Crippen molar-refractivity contribution in [3.63, 3.8) is 0 Å². The second-order valence-corrected chi connectivity index (χ2v) is 7.80. The van der Waals surface area contributed by atoms with Crippen LogP contribution in [-0.2, 0) is 22.7 Å². The zero-order chi connectivity index (χ0) is 22.2. The Balaban J connectivity index is 1.24. The van der Waals surface area contributed by atoms with Crippen molar-refractivity contribution in [3.05, 3.63) is 83.5 Å². The van der Waals surface area contributed by atoms with Crippen LogP contribution in [0.5, 0.6) is 5.75 Å². The summed E-state index contributed by atoms with van der Waals surface area (Å²) in [7, 11) is 1.35. The number of nitrogens with zero attached hydrogens (tertiary/aromatic N) is 3. The second kappa shape index (κ2) is 10.7. The Morgan fingerprint density at radius 1 is 1.12 bits per heavy atom. The van der Waals surface area contributed by atoms with Crippen molar-refractivity contribution in [1.29, 1.82) is 0 Å². The molecule has 3 aromatic rings. The molecule has 0 aliphatic carbocycles. The highest BCUT2D eigenvalue weighted by Gasteiger charge is 2.24. The van der Waals surface area contributed by atoms with Crippen LogP contribution in [0.4, 0.5) is 0 Å². The van der Waals surface area contributed by atoms with E-state index < -0.39 is 0 Å². The van der Waals surface area contributed by atoms with Gasteiger partial charge in [-0.2, -0.15) is 4.98 Å². The highest BCUT2D eigenvalue weighted by molar-refractivity contribution is 5.86. The van der Waals surface area contributed by atoms with Crippen molar-refractivity contribution < 1.29 is 18.8 Å². The predicted octanol–water partition coefficient (Wildman–Crippen LogP) is 4.21. The molecule has 1 aliphatic heterocycles. The molecule has 0 bridgehead atoms. The molecule has 0 saturated carbocycles. The third kappa shape index (κ3) is 6.04. The Hall–Kier alpha value is -3.45. The molecular weight excluding hydrogens is 406 g/mol. The Morgan fingerprint density at radius 3 is 2.59 bits per heavy atom. The number of likely N-dealkylation sites (tertiary alicyclic amines) is 1. The van der Waals surface area contributed by atoms with E-state index in [4.69, 9.17) is 9.26 Å². The maximum atomic E-state index is 11.2. The van der Waals surface area contributed by atoms with Crippen molar-refractivity contribution in [1.82, 2.24) is 15.0 Å². The van der Waals surface area contributed by atoms with Gasteiger partial charge < -0.3 is 14.0 Å². The number of esters is 1. The summed E-state index contributed by atoms with van der Waals surface area (Å²) in [4.78, 5) is 18.2. The van der Waals surface area contributed by atoms with Gasteiger partial charge in [-0.1, -0.05) is 47.6 Å². The molecular formula is C25H27N3O4. The number of ether oxygens (including phenoxy) is 2. The van der Waals surface area contributed by atoms with E-state index in [1.165, 1.54) is 18.7 Å². The first-order valence-electron chi connectivity index (χ1n) is 10.8. The summed E-state index contributed by atoms with van der Waals surface area (Å²) >= 11 is 0. The Bertz CT molecular complexity index is 1020. The molecule has 4 rings (SSSR count). The number of methoxy groups -OCH3 is 1. The predicted molar refractivity (Wildman–Crippen MR) is 120 cm³/mol. The molecule has 7 nitrogen and oxygen atoms in total. The van der Waals surface area contributed by atoms with Gasteiger partial charge in [-0.3, -0.25) is 4.90 Å². The molecule has 0 N–H and O–H groups in total. The fourth-order valence-corrected chi connectivity index (χ4v) is 3.74.